The number of piperazine rings is 1. The SMILES string of the molecule is COCCN1C(=O)C[C@@H](C(=O)N2CCN(C)CC2)[C@@H]1c1cccc(C)c1. The van der Waals surface area contributed by atoms with Crippen LogP contribution in [0.4, 0.5) is 0 Å². The Kier molecular flexibility index (Phi) is 5.94. The van der Waals surface area contributed by atoms with Crippen molar-refractivity contribution in [1.82, 2.24) is 14.7 Å². The first-order valence-electron chi connectivity index (χ1n) is 9.33. The summed E-state index contributed by atoms with van der Waals surface area (Å²) in [6, 6.07) is 7.95. The topological polar surface area (TPSA) is 53.1 Å². The third kappa shape index (κ3) is 3.91. The van der Waals surface area contributed by atoms with Gasteiger partial charge in [0.25, 0.3) is 0 Å². The molecule has 0 aromatic heterocycles. The van der Waals surface area contributed by atoms with Crippen LogP contribution in [0.15, 0.2) is 24.3 Å². The van der Waals surface area contributed by atoms with Crippen LogP contribution in [0.5, 0.6) is 0 Å². The zero-order chi connectivity index (χ0) is 18.7. The Morgan fingerprint density at radius 2 is 1.96 bits per heavy atom. The van der Waals surface area contributed by atoms with Crippen LogP contribution >= 0.6 is 0 Å². The minimum Gasteiger partial charge on any atom is -0.383 e. The molecule has 2 saturated heterocycles. The van der Waals surface area contributed by atoms with Crippen molar-refractivity contribution in [2.75, 3.05) is 53.5 Å². The van der Waals surface area contributed by atoms with Crippen LogP contribution in [0.2, 0.25) is 0 Å². The Morgan fingerprint density at radius 1 is 1.23 bits per heavy atom. The van der Waals surface area contributed by atoms with Crippen LogP contribution in [-0.4, -0.2) is 80.0 Å². The molecule has 6 nitrogen and oxygen atoms in total. The molecule has 0 aliphatic carbocycles. The Bertz CT molecular complexity index is 655. The molecular weight excluding hydrogens is 330 g/mol. The van der Waals surface area contributed by atoms with E-state index in [1.165, 1.54) is 0 Å². The molecule has 2 aliphatic heterocycles. The molecule has 2 atom stereocenters. The number of carbonyl (C=O) groups is 2. The predicted octanol–water partition coefficient (Wildman–Crippen LogP) is 1.31. The van der Waals surface area contributed by atoms with Gasteiger partial charge in [-0.3, -0.25) is 9.59 Å². The van der Waals surface area contributed by atoms with Gasteiger partial charge in [-0.05, 0) is 19.5 Å². The number of likely N-dealkylation sites (N-methyl/N-ethyl adjacent to an activating group) is 1. The van der Waals surface area contributed by atoms with Gasteiger partial charge < -0.3 is 19.4 Å². The fourth-order valence-electron chi connectivity index (χ4n) is 3.99. The lowest BCUT2D eigenvalue weighted by atomic mass is 9.91. The van der Waals surface area contributed by atoms with Crippen LogP contribution in [0.3, 0.4) is 0 Å². The fraction of sp³-hybridized carbons (Fsp3) is 0.600. The Balaban J connectivity index is 1.86. The number of methoxy groups -OCH3 is 1. The summed E-state index contributed by atoms with van der Waals surface area (Å²) in [4.78, 5) is 31.9. The molecule has 0 unspecified atom stereocenters. The fourth-order valence-corrected chi connectivity index (χ4v) is 3.99. The lowest BCUT2D eigenvalue weighted by Gasteiger charge is -2.36. The maximum absolute atomic E-state index is 13.2. The van der Waals surface area contributed by atoms with Crippen molar-refractivity contribution in [2.24, 2.45) is 5.92 Å². The molecular formula is C20H29N3O3. The normalized spacial score (nSPS) is 24.3. The first kappa shape index (κ1) is 18.9. The van der Waals surface area contributed by atoms with Gasteiger partial charge in [0.2, 0.25) is 11.8 Å². The van der Waals surface area contributed by atoms with Crippen LogP contribution in [0, 0.1) is 12.8 Å². The maximum atomic E-state index is 13.2. The van der Waals surface area contributed by atoms with Crippen LogP contribution in [0.25, 0.3) is 0 Å². The minimum atomic E-state index is -0.315. The molecule has 6 heteroatoms. The summed E-state index contributed by atoms with van der Waals surface area (Å²) in [7, 11) is 3.71. The second-order valence-electron chi connectivity index (χ2n) is 7.38. The van der Waals surface area contributed by atoms with Gasteiger partial charge in [0.15, 0.2) is 0 Å². The minimum absolute atomic E-state index is 0.0426. The van der Waals surface area contributed by atoms with Crippen LogP contribution in [0.1, 0.15) is 23.6 Å². The lowest BCUT2D eigenvalue weighted by Crippen LogP contribution is -2.49. The van der Waals surface area contributed by atoms with Gasteiger partial charge in [0.05, 0.1) is 18.6 Å². The zero-order valence-corrected chi connectivity index (χ0v) is 16.0. The van der Waals surface area contributed by atoms with E-state index in [4.69, 9.17) is 4.74 Å². The van der Waals surface area contributed by atoms with E-state index in [1.54, 1.807) is 7.11 Å². The molecule has 1 aromatic carbocycles. The van der Waals surface area contributed by atoms with Gasteiger partial charge in [-0.1, -0.05) is 29.8 Å². The highest BCUT2D eigenvalue weighted by Gasteiger charge is 2.45. The zero-order valence-electron chi connectivity index (χ0n) is 16.0. The standard InChI is InChI=1S/C20H29N3O3/c1-15-5-4-6-16(13-15)19-17(14-18(24)23(19)11-12-26-3)20(25)22-9-7-21(2)8-10-22/h4-6,13,17,19H,7-12,14H2,1-3H3/t17-,19+/m1/s1. The number of carbonyl (C=O) groups excluding carboxylic acids is 2. The highest BCUT2D eigenvalue weighted by atomic mass is 16.5. The third-order valence-corrected chi connectivity index (χ3v) is 5.48. The molecule has 0 N–H and O–H groups in total. The first-order chi connectivity index (χ1) is 12.5. The molecule has 0 radical (unpaired) electrons. The molecule has 1 aromatic rings. The Morgan fingerprint density at radius 3 is 2.62 bits per heavy atom. The van der Waals surface area contributed by atoms with Gasteiger partial charge in [0, 0.05) is 46.3 Å². The monoisotopic (exact) mass is 359 g/mol. The van der Waals surface area contributed by atoms with E-state index in [1.807, 2.05) is 34.9 Å². The first-order valence-corrected chi connectivity index (χ1v) is 9.33. The van der Waals surface area contributed by atoms with Crippen molar-refractivity contribution < 1.29 is 14.3 Å². The van der Waals surface area contributed by atoms with E-state index >= 15 is 0 Å². The van der Waals surface area contributed by atoms with Crippen molar-refractivity contribution in [3.63, 3.8) is 0 Å². The van der Waals surface area contributed by atoms with E-state index in [-0.39, 0.29) is 30.2 Å². The number of likely N-dealkylation sites (tertiary alicyclic amines) is 1. The van der Waals surface area contributed by atoms with Crippen LogP contribution in [-0.2, 0) is 14.3 Å². The van der Waals surface area contributed by atoms with Gasteiger partial charge in [0.1, 0.15) is 0 Å². The summed E-state index contributed by atoms with van der Waals surface area (Å²) in [6.07, 6.45) is 0.285. The summed E-state index contributed by atoms with van der Waals surface area (Å²) >= 11 is 0. The maximum Gasteiger partial charge on any atom is 0.228 e. The summed E-state index contributed by atoms with van der Waals surface area (Å²) in [6.45, 7) is 6.27. The highest BCUT2D eigenvalue weighted by Crippen LogP contribution is 2.39. The molecule has 0 bridgehead atoms. The van der Waals surface area contributed by atoms with Crippen molar-refractivity contribution in [3.8, 4) is 0 Å². The largest absolute Gasteiger partial charge is 0.383 e. The summed E-state index contributed by atoms with van der Waals surface area (Å²) in [5.41, 5.74) is 2.18. The molecule has 3 rings (SSSR count). The Hall–Kier alpha value is -1.92. The molecule has 142 valence electrons. The number of aryl methyl sites for hydroxylation is 1. The van der Waals surface area contributed by atoms with E-state index in [0.717, 1.165) is 37.3 Å². The summed E-state index contributed by atoms with van der Waals surface area (Å²) in [5.74, 6) is -0.163. The average Bonchev–Trinajstić information content (AvgIpc) is 2.96. The second kappa shape index (κ2) is 8.18. The smallest absolute Gasteiger partial charge is 0.228 e. The van der Waals surface area contributed by atoms with Crippen molar-refractivity contribution >= 4 is 11.8 Å². The number of hydrogen-bond acceptors (Lipinski definition) is 4. The van der Waals surface area contributed by atoms with E-state index < -0.39 is 0 Å². The number of ether oxygens (including phenoxy) is 1. The molecule has 2 fully saturated rings. The van der Waals surface area contributed by atoms with Gasteiger partial charge >= 0.3 is 0 Å². The van der Waals surface area contributed by atoms with Crippen LogP contribution < -0.4 is 0 Å². The third-order valence-electron chi connectivity index (χ3n) is 5.48. The highest BCUT2D eigenvalue weighted by molar-refractivity contribution is 5.90. The lowest BCUT2D eigenvalue weighted by molar-refractivity contribution is -0.138. The molecule has 0 saturated carbocycles. The molecule has 2 amide bonds. The number of hydrogen-bond donors (Lipinski definition) is 0. The molecule has 2 heterocycles. The summed E-state index contributed by atoms with van der Waals surface area (Å²) < 4.78 is 5.19. The van der Waals surface area contributed by atoms with E-state index in [9.17, 15) is 9.59 Å². The van der Waals surface area contributed by atoms with Gasteiger partial charge in [-0.2, -0.15) is 0 Å². The number of benzene rings is 1. The number of nitrogens with zero attached hydrogens (tertiary/aromatic N) is 3. The summed E-state index contributed by atoms with van der Waals surface area (Å²) in [5, 5.41) is 0. The van der Waals surface area contributed by atoms with Crippen molar-refractivity contribution in [3.05, 3.63) is 35.4 Å². The van der Waals surface area contributed by atoms with Crippen molar-refractivity contribution in [2.45, 2.75) is 19.4 Å². The molecule has 0 spiro atoms. The van der Waals surface area contributed by atoms with E-state index in [0.29, 0.717) is 13.2 Å². The predicted molar refractivity (Wildman–Crippen MR) is 99.7 cm³/mol. The van der Waals surface area contributed by atoms with Gasteiger partial charge in [-0.15, -0.1) is 0 Å². The Labute approximate surface area is 155 Å². The quantitative estimate of drug-likeness (QED) is 0.795. The van der Waals surface area contributed by atoms with Gasteiger partial charge in [-0.25, -0.2) is 0 Å². The van der Waals surface area contributed by atoms with E-state index in [2.05, 4.69) is 18.0 Å². The number of amides is 2. The molecule has 2 aliphatic rings. The van der Waals surface area contributed by atoms with Crippen molar-refractivity contribution in [1.29, 1.82) is 0 Å². The average molecular weight is 359 g/mol. The molecule has 26 heavy (non-hydrogen) atoms. The number of rotatable bonds is 5. The second-order valence-corrected chi connectivity index (χ2v) is 7.38.